The molecule has 1 atom stereocenters. The topological polar surface area (TPSA) is 61.6 Å². The van der Waals surface area contributed by atoms with Crippen LogP contribution < -0.4 is 5.32 Å². The van der Waals surface area contributed by atoms with Crippen molar-refractivity contribution in [3.63, 3.8) is 0 Å². The Bertz CT molecular complexity index is 756. The fourth-order valence-electron chi connectivity index (χ4n) is 3.51. The number of nitrogens with zero attached hydrogens (tertiary/aromatic N) is 3. The Morgan fingerprint density at radius 3 is 2.63 bits per heavy atom. The Morgan fingerprint density at radius 1 is 1.19 bits per heavy atom. The van der Waals surface area contributed by atoms with Gasteiger partial charge in [-0.15, -0.1) is 11.3 Å². The minimum atomic E-state index is -0.313. The fourth-order valence-corrected chi connectivity index (χ4v) is 4.52. The maximum atomic E-state index is 11.2. The van der Waals surface area contributed by atoms with Crippen LogP contribution in [0, 0.1) is 10.1 Å². The van der Waals surface area contributed by atoms with Crippen LogP contribution >= 0.6 is 11.3 Å². The van der Waals surface area contributed by atoms with E-state index < -0.39 is 0 Å². The molecular formula is C20H28N4O2S. The molecule has 1 aromatic carbocycles. The van der Waals surface area contributed by atoms with Crippen molar-refractivity contribution in [2.24, 2.45) is 0 Å². The van der Waals surface area contributed by atoms with Crippen LogP contribution in [-0.4, -0.2) is 60.0 Å². The van der Waals surface area contributed by atoms with E-state index in [1.165, 1.54) is 4.88 Å². The van der Waals surface area contributed by atoms with Crippen molar-refractivity contribution < 1.29 is 4.92 Å². The number of hydrogen-bond donors (Lipinski definition) is 1. The third-order valence-corrected chi connectivity index (χ3v) is 6.36. The van der Waals surface area contributed by atoms with Crippen LogP contribution in [0.1, 0.15) is 18.7 Å². The van der Waals surface area contributed by atoms with E-state index in [4.69, 9.17) is 0 Å². The highest BCUT2D eigenvalue weighted by molar-refractivity contribution is 7.15. The standard InChI is InChI=1S/C20H28N4O2S/c1-3-22-10-12-23(13-11-22)16(2)14-21-15-17-8-9-20(27-17)18-6-4-5-7-19(18)24(25)26/h4-9,16,21H,3,10-15H2,1-2H3. The summed E-state index contributed by atoms with van der Waals surface area (Å²) in [6.07, 6.45) is 0. The monoisotopic (exact) mass is 388 g/mol. The zero-order valence-corrected chi connectivity index (χ0v) is 16.9. The van der Waals surface area contributed by atoms with E-state index in [2.05, 4.69) is 35.0 Å². The SMILES string of the molecule is CCN1CCN(C(C)CNCc2ccc(-c3ccccc3[N+](=O)[O-])s2)CC1. The van der Waals surface area contributed by atoms with Crippen molar-refractivity contribution in [3.8, 4) is 10.4 Å². The average Bonchev–Trinajstić information content (AvgIpc) is 3.16. The Labute approximate surface area is 164 Å². The van der Waals surface area contributed by atoms with Crippen molar-refractivity contribution in [3.05, 3.63) is 51.4 Å². The second kappa shape index (κ2) is 9.41. The molecule has 0 bridgehead atoms. The molecule has 0 radical (unpaired) electrons. The Morgan fingerprint density at radius 2 is 1.93 bits per heavy atom. The molecule has 27 heavy (non-hydrogen) atoms. The van der Waals surface area contributed by atoms with Crippen LogP contribution in [0.4, 0.5) is 5.69 Å². The van der Waals surface area contributed by atoms with Crippen LogP contribution in [0.3, 0.4) is 0 Å². The third-order valence-electron chi connectivity index (χ3n) is 5.24. The smallest absolute Gasteiger partial charge is 0.278 e. The number of thiophene rings is 1. The third kappa shape index (κ3) is 5.13. The summed E-state index contributed by atoms with van der Waals surface area (Å²) in [4.78, 5) is 18.1. The van der Waals surface area contributed by atoms with Crippen molar-refractivity contribution in [1.29, 1.82) is 0 Å². The van der Waals surface area contributed by atoms with Gasteiger partial charge in [0, 0.05) is 61.1 Å². The van der Waals surface area contributed by atoms with E-state index in [0.717, 1.165) is 50.7 Å². The summed E-state index contributed by atoms with van der Waals surface area (Å²) in [6.45, 7) is 12.0. The highest BCUT2D eigenvalue weighted by Gasteiger charge is 2.20. The number of rotatable bonds is 8. The van der Waals surface area contributed by atoms with Gasteiger partial charge in [0.2, 0.25) is 0 Å². The van der Waals surface area contributed by atoms with Crippen LogP contribution in [0.2, 0.25) is 0 Å². The molecule has 1 aliphatic rings. The van der Waals surface area contributed by atoms with E-state index >= 15 is 0 Å². The van der Waals surface area contributed by atoms with Crippen LogP contribution in [0.5, 0.6) is 0 Å². The summed E-state index contributed by atoms with van der Waals surface area (Å²) in [5.41, 5.74) is 0.861. The summed E-state index contributed by atoms with van der Waals surface area (Å²) < 4.78 is 0. The highest BCUT2D eigenvalue weighted by Crippen LogP contribution is 2.34. The quantitative estimate of drug-likeness (QED) is 0.554. The van der Waals surface area contributed by atoms with E-state index in [0.29, 0.717) is 11.6 Å². The Hall–Kier alpha value is -1.80. The van der Waals surface area contributed by atoms with Crippen molar-refractivity contribution in [2.75, 3.05) is 39.3 Å². The molecule has 2 aromatic rings. The molecular weight excluding hydrogens is 360 g/mol. The van der Waals surface area contributed by atoms with Gasteiger partial charge >= 0.3 is 0 Å². The van der Waals surface area contributed by atoms with Gasteiger partial charge in [0.15, 0.2) is 0 Å². The molecule has 0 saturated carbocycles. The Kier molecular flexibility index (Phi) is 6.95. The predicted octanol–water partition coefficient (Wildman–Crippen LogP) is 3.44. The second-order valence-electron chi connectivity index (χ2n) is 6.99. The first kappa shape index (κ1) is 19.9. The van der Waals surface area contributed by atoms with Crippen molar-refractivity contribution in [2.45, 2.75) is 26.4 Å². The van der Waals surface area contributed by atoms with Crippen LogP contribution in [0.15, 0.2) is 36.4 Å². The molecule has 1 fully saturated rings. The molecule has 1 unspecified atom stereocenters. The minimum Gasteiger partial charge on any atom is -0.310 e. The number of piperazine rings is 1. The largest absolute Gasteiger partial charge is 0.310 e. The molecule has 2 heterocycles. The average molecular weight is 389 g/mol. The van der Waals surface area contributed by atoms with Gasteiger partial charge < -0.3 is 10.2 Å². The van der Waals surface area contributed by atoms with Gasteiger partial charge in [-0.25, -0.2) is 0 Å². The number of nitro benzene ring substituents is 1. The molecule has 0 amide bonds. The lowest BCUT2D eigenvalue weighted by molar-refractivity contribution is -0.384. The normalized spacial score (nSPS) is 17.1. The van der Waals surface area contributed by atoms with Gasteiger partial charge in [0.1, 0.15) is 0 Å². The van der Waals surface area contributed by atoms with Gasteiger partial charge in [0.05, 0.1) is 10.5 Å². The molecule has 1 aliphatic heterocycles. The molecule has 0 aliphatic carbocycles. The Balaban J connectivity index is 1.51. The lowest BCUT2D eigenvalue weighted by atomic mass is 10.1. The van der Waals surface area contributed by atoms with Crippen LogP contribution in [0.25, 0.3) is 10.4 Å². The predicted molar refractivity (Wildman–Crippen MR) is 111 cm³/mol. The van der Waals surface area contributed by atoms with Gasteiger partial charge in [0.25, 0.3) is 5.69 Å². The number of nitrogens with one attached hydrogen (secondary N) is 1. The maximum absolute atomic E-state index is 11.2. The summed E-state index contributed by atoms with van der Waals surface area (Å²) in [6, 6.07) is 11.5. The number of likely N-dealkylation sites (N-methyl/N-ethyl adjacent to an activating group) is 1. The van der Waals surface area contributed by atoms with E-state index in [1.807, 2.05) is 18.2 Å². The number of nitro groups is 1. The van der Waals surface area contributed by atoms with Gasteiger partial charge in [-0.2, -0.15) is 0 Å². The first-order chi connectivity index (χ1) is 13.1. The first-order valence-electron chi connectivity index (χ1n) is 9.58. The summed E-state index contributed by atoms with van der Waals surface area (Å²) in [7, 11) is 0. The molecule has 1 saturated heterocycles. The van der Waals surface area contributed by atoms with Gasteiger partial charge in [-0.3, -0.25) is 15.0 Å². The van der Waals surface area contributed by atoms with Crippen LogP contribution in [-0.2, 0) is 6.54 Å². The number of hydrogen-bond acceptors (Lipinski definition) is 6. The van der Waals surface area contributed by atoms with Crippen molar-refractivity contribution >= 4 is 17.0 Å². The minimum absolute atomic E-state index is 0.165. The zero-order valence-electron chi connectivity index (χ0n) is 16.1. The number of benzene rings is 1. The molecule has 1 N–H and O–H groups in total. The zero-order chi connectivity index (χ0) is 19.2. The summed E-state index contributed by atoms with van der Waals surface area (Å²) >= 11 is 1.62. The maximum Gasteiger partial charge on any atom is 0.278 e. The highest BCUT2D eigenvalue weighted by atomic mass is 32.1. The van der Waals surface area contributed by atoms with Gasteiger partial charge in [-0.05, 0) is 31.7 Å². The molecule has 146 valence electrons. The first-order valence-corrected chi connectivity index (χ1v) is 10.4. The van der Waals surface area contributed by atoms with Gasteiger partial charge in [-0.1, -0.05) is 19.1 Å². The lowest BCUT2D eigenvalue weighted by Gasteiger charge is -2.37. The number of para-hydroxylation sites is 1. The fraction of sp³-hybridized carbons (Fsp3) is 0.500. The van der Waals surface area contributed by atoms with E-state index in [1.54, 1.807) is 23.5 Å². The molecule has 0 spiro atoms. The van der Waals surface area contributed by atoms with E-state index in [9.17, 15) is 10.1 Å². The second-order valence-corrected chi connectivity index (χ2v) is 8.16. The summed E-state index contributed by atoms with van der Waals surface area (Å²) in [5.74, 6) is 0. The molecule has 7 heteroatoms. The molecule has 3 rings (SSSR count). The molecule has 1 aromatic heterocycles. The lowest BCUT2D eigenvalue weighted by Crippen LogP contribution is -2.51. The summed E-state index contributed by atoms with van der Waals surface area (Å²) in [5, 5.41) is 14.8. The van der Waals surface area contributed by atoms with E-state index in [-0.39, 0.29) is 10.6 Å². The molecule has 6 nitrogen and oxygen atoms in total. The van der Waals surface area contributed by atoms with Crippen molar-refractivity contribution in [1.82, 2.24) is 15.1 Å².